The average Bonchev–Trinajstić information content (AvgIpc) is 3.29. The van der Waals surface area contributed by atoms with Crippen molar-refractivity contribution < 1.29 is 28.5 Å². The number of halogens is 1. The van der Waals surface area contributed by atoms with Crippen molar-refractivity contribution in [2.24, 2.45) is 0 Å². The summed E-state index contributed by atoms with van der Waals surface area (Å²) in [5, 5.41) is 14.1. The van der Waals surface area contributed by atoms with Gasteiger partial charge in [-0.1, -0.05) is 34.7 Å². The summed E-state index contributed by atoms with van der Waals surface area (Å²) in [6, 6.07) is 7.99. The Balaban J connectivity index is 1.61. The fourth-order valence-corrected chi connectivity index (χ4v) is 4.51. The molecule has 2 amide bonds. The second-order valence-corrected chi connectivity index (χ2v) is 9.06. The van der Waals surface area contributed by atoms with Gasteiger partial charge in [0.25, 0.3) is 5.91 Å². The Morgan fingerprint density at radius 2 is 1.62 bits per heavy atom. The second-order valence-electron chi connectivity index (χ2n) is 6.42. The molecule has 0 bridgehead atoms. The van der Waals surface area contributed by atoms with Crippen LogP contribution in [-0.2, 0) is 4.79 Å². The predicted molar refractivity (Wildman–Crippen MR) is 131 cm³/mol. The van der Waals surface area contributed by atoms with Crippen LogP contribution in [0.1, 0.15) is 10.4 Å². The molecule has 0 aliphatic rings. The summed E-state index contributed by atoms with van der Waals surface area (Å²) in [5.74, 6) is 0.943. The van der Waals surface area contributed by atoms with Crippen LogP contribution in [0.15, 0.2) is 34.7 Å². The van der Waals surface area contributed by atoms with Gasteiger partial charge in [0.2, 0.25) is 16.8 Å². The number of rotatable bonds is 10. The zero-order chi connectivity index (χ0) is 24.7. The first-order valence-corrected chi connectivity index (χ1v) is 11.8. The van der Waals surface area contributed by atoms with E-state index in [4.69, 9.17) is 30.5 Å². The van der Waals surface area contributed by atoms with Gasteiger partial charge in [-0.2, -0.15) is 0 Å². The van der Waals surface area contributed by atoms with Crippen LogP contribution in [0.2, 0.25) is 5.02 Å². The molecule has 0 saturated heterocycles. The van der Waals surface area contributed by atoms with Crippen molar-refractivity contribution in [3.05, 3.63) is 40.9 Å². The smallest absolute Gasteiger partial charge is 0.257 e. The van der Waals surface area contributed by atoms with Crippen molar-refractivity contribution in [3.63, 3.8) is 0 Å². The summed E-state index contributed by atoms with van der Waals surface area (Å²) >= 11 is 8.30. The van der Waals surface area contributed by atoms with E-state index >= 15 is 0 Å². The zero-order valence-electron chi connectivity index (χ0n) is 18.6. The number of hydrogen-bond donors (Lipinski definition) is 2. The Morgan fingerprint density at radius 3 is 2.24 bits per heavy atom. The highest BCUT2D eigenvalue weighted by molar-refractivity contribution is 8.01. The maximum Gasteiger partial charge on any atom is 0.257 e. The fraction of sp³-hybridized carbons (Fsp3) is 0.238. The highest BCUT2D eigenvalue weighted by atomic mass is 35.5. The van der Waals surface area contributed by atoms with Crippen LogP contribution in [0.25, 0.3) is 0 Å². The van der Waals surface area contributed by atoms with Gasteiger partial charge in [0.05, 0.1) is 39.9 Å². The number of amides is 2. The molecule has 0 aliphatic carbocycles. The Kier molecular flexibility index (Phi) is 8.79. The normalized spacial score (nSPS) is 10.4. The number of carbonyl (C=O) groups is 2. The van der Waals surface area contributed by atoms with Gasteiger partial charge in [-0.05, 0) is 30.3 Å². The number of nitrogens with one attached hydrogen (secondary N) is 2. The van der Waals surface area contributed by atoms with Crippen molar-refractivity contribution in [3.8, 4) is 23.0 Å². The van der Waals surface area contributed by atoms with Crippen molar-refractivity contribution in [1.29, 1.82) is 0 Å². The molecule has 3 rings (SSSR count). The number of thioether (sulfide) groups is 1. The van der Waals surface area contributed by atoms with Gasteiger partial charge in [0, 0.05) is 10.6 Å². The molecule has 0 unspecified atom stereocenters. The number of methoxy groups -OCH3 is 4. The van der Waals surface area contributed by atoms with Crippen LogP contribution in [-0.4, -0.2) is 56.2 Å². The summed E-state index contributed by atoms with van der Waals surface area (Å²) in [7, 11) is 5.91. The topological polar surface area (TPSA) is 121 Å². The van der Waals surface area contributed by atoms with E-state index in [2.05, 4.69) is 20.8 Å². The molecule has 0 fully saturated rings. The maximum atomic E-state index is 12.7. The minimum absolute atomic E-state index is 0.0745. The number of ether oxygens (including phenoxy) is 4. The van der Waals surface area contributed by atoms with E-state index < -0.39 is 5.91 Å². The number of nitrogens with zero attached hydrogens (tertiary/aromatic N) is 2. The van der Waals surface area contributed by atoms with Gasteiger partial charge >= 0.3 is 0 Å². The summed E-state index contributed by atoms with van der Waals surface area (Å²) in [4.78, 5) is 25.0. The molecular formula is C21H21ClN4O6S2. The summed E-state index contributed by atoms with van der Waals surface area (Å²) < 4.78 is 21.5. The number of benzene rings is 2. The van der Waals surface area contributed by atoms with Crippen molar-refractivity contribution in [2.75, 3.05) is 44.8 Å². The highest BCUT2D eigenvalue weighted by Gasteiger charge is 2.18. The van der Waals surface area contributed by atoms with Gasteiger partial charge < -0.3 is 24.3 Å². The first-order valence-electron chi connectivity index (χ1n) is 9.59. The number of carbonyl (C=O) groups excluding carboxylic acids is 2. The first kappa shape index (κ1) is 25.4. The minimum Gasteiger partial charge on any atom is -0.495 e. The van der Waals surface area contributed by atoms with Gasteiger partial charge in [0.1, 0.15) is 5.75 Å². The Hall–Kier alpha value is -3.22. The Bertz CT molecular complexity index is 1160. The lowest BCUT2D eigenvalue weighted by atomic mass is 10.1. The van der Waals surface area contributed by atoms with Gasteiger partial charge in [-0.25, -0.2) is 0 Å². The molecule has 3 aromatic rings. The maximum absolute atomic E-state index is 12.7. The third-order valence-electron chi connectivity index (χ3n) is 4.32. The Morgan fingerprint density at radius 1 is 0.941 bits per heavy atom. The molecule has 0 radical (unpaired) electrons. The van der Waals surface area contributed by atoms with E-state index in [-0.39, 0.29) is 22.4 Å². The van der Waals surface area contributed by atoms with Crippen LogP contribution in [0, 0.1) is 0 Å². The average molecular weight is 525 g/mol. The molecule has 34 heavy (non-hydrogen) atoms. The minimum atomic E-state index is -0.433. The van der Waals surface area contributed by atoms with Crippen molar-refractivity contribution in [2.45, 2.75) is 4.34 Å². The number of aromatic nitrogens is 2. The van der Waals surface area contributed by atoms with E-state index in [1.807, 2.05) is 0 Å². The monoisotopic (exact) mass is 524 g/mol. The quantitative estimate of drug-likeness (QED) is 0.296. The van der Waals surface area contributed by atoms with E-state index in [0.717, 1.165) is 11.3 Å². The van der Waals surface area contributed by atoms with E-state index in [9.17, 15) is 9.59 Å². The third-order valence-corrected chi connectivity index (χ3v) is 6.52. The lowest BCUT2D eigenvalue weighted by Crippen LogP contribution is -2.14. The SMILES string of the molecule is COc1ccc(Cl)cc1NC(=O)CSc1nnc(NC(=O)c2cc(OC)c(OC)c(OC)c2)s1. The fourth-order valence-electron chi connectivity index (χ4n) is 2.79. The van der Waals surface area contributed by atoms with Gasteiger partial charge in [0.15, 0.2) is 15.8 Å². The standard InChI is InChI=1S/C21H21ClN4O6S2/c1-29-14-6-5-12(22)9-13(14)23-17(27)10-33-21-26-25-20(34-21)24-19(28)11-7-15(30-2)18(32-4)16(8-11)31-3/h5-9H,10H2,1-4H3,(H,23,27)(H,24,25,28). The Labute approximate surface area is 208 Å². The van der Waals surface area contributed by atoms with E-state index in [0.29, 0.717) is 38.0 Å². The molecule has 0 atom stereocenters. The molecule has 1 heterocycles. The first-order chi connectivity index (χ1) is 16.4. The molecule has 0 saturated carbocycles. The highest BCUT2D eigenvalue weighted by Crippen LogP contribution is 2.38. The van der Waals surface area contributed by atoms with Crippen LogP contribution in [0.5, 0.6) is 23.0 Å². The summed E-state index contributed by atoms with van der Waals surface area (Å²) in [6.45, 7) is 0. The van der Waals surface area contributed by atoms with Crippen LogP contribution in [0.3, 0.4) is 0 Å². The summed E-state index contributed by atoms with van der Waals surface area (Å²) in [6.07, 6.45) is 0. The van der Waals surface area contributed by atoms with Gasteiger partial charge in [-0.15, -0.1) is 10.2 Å². The third kappa shape index (κ3) is 6.22. The molecule has 13 heteroatoms. The molecule has 10 nitrogen and oxygen atoms in total. The molecular weight excluding hydrogens is 504 g/mol. The molecule has 180 valence electrons. The largest absolute Gasteiger partial charge is 0.495 e. The van der Waals surface area contributed by atoms with Crippen molar-refractivity contribution in [1.82, 2.24) is 10.2 Å². The van der Waals surface area contributed by atoms with Crippen LogP contribution < -0.4 is 29.6 Å². The number of hydrogen-bond acceptors (Lipinski definition) is 10. The van der Waals surface area contributed by atoms with E-state index in [1.165, 1.54) is 52.3 Å². The molecule has 0 aliphatic heterocycles. The van der Waals surface area contributed by atoms with E-state index in [1.54, 1.807) is 18.2 Å². The second kappa shape index (κ2) is 11.8. The lowest BCUT2D eigenvalue weighted by Gasteiger charge is -2.13. The van der Waals surface area contributed by atoms with Crippen molar-refractivity contribution >= 4 is 57.3 Å². The number of anilines is 2. The summed E-state index contributed by atoms with van der Waals surface area (Å²) in [5.41, 5.74) is 0.755. The van der Waals surface area contributed by atoms with Crippen LogP contribution in [0.4, 0.5) is 10.8 Å². The molecule has 0 spiro atoms. The predicted octanol–water partition coefficient (Wildman–Crippen LogP) is 4.21. The molecule has 2 N–H and O–H groups in total. The van der Waals surface area contributed by atoms with Gasteiger partial charge in [-0.3, -0.25) is 14.9 Å². The molecule has 2 aromatic carbocycles. The lowest BCUT2D eigenvalue weighted by molar-refractivity contribution is -0.113. The zero-order valence-corrected chi connectivity index (χ0v) is 21.0. The van der Waals surface area contributed by atoms with Crippen LogP contribution >= 0.6 is 34.7 Å². The molecule has 1 aromatic heterocycles.